The molecule has 1 fully saturated rings. The highest BCUT2D eigenvalue weighted by atomic mass is 16.5. The lowest BCUT2D eigenvalue weighted by atomic mass is 9.81. The third-order valence-corrected chi connectivity index (χ3v) is 6.92. The Labute approximate surface area is 217 Å². The first-order chi connectivity index (χ1) is 17.7. The van der Waals surface area contributed by atoms with E-state index in [1.54, 1.807) is 47.4 Å². The number of fused-ring (bicyclic) bond motifs is 2. The van der Waals surface area contributed by atoms with Gasteiger partial charge in [0.1, 0.15) is 18.1 Å². The largest absolute Gasteiger partial charge is 0.507 e. The van der Waals surface area contributed by atoms with Gasteiger partial charge in [-0.15, -0.1) is 0 Å². The Bertz CT molecular complexity index is 1300. The van der Waals surface area contributed by atoms with E-state index in [0.29, 0.717) is 48.7 Å². The van der Waals surface area contributed by atoms with Gasteiger partial charge < -0.3 is 24.5 Å². The second-order valence-electron chi connectivity index (χ2n) is 9.52. The van der Waals surface area contributed by atoms with Crippen LogP contribution in [0.3, 0.4) is 0 Å². The molecule has 0 aromatic heterocycles. The quantitative estimate of drug-likeness (QED) is 0.244. The monoisotopic (exact) mass is 503 g/mol. The van der Waals surface area contributed by atoms with Crippen LogP contribution in [0, 0.1) is 6.92 Å². The van der Waals surface area contributed by atoms with Gasteiger partial charge in [-0.3, -0.25) is 14.4 Å². The number of aliphatic hydroxyl groups excluding tert-OH is 1. The maximum Gasteiger partial charge on any atom is 0.296 e. The van der Waals surface area contributed by atoms with Crippen molar-refractivity contribution < 1.29 is 24.2 Å². The minimum absolute atomic E-state index is 0.185. The molecule has 0 saturated carbocycles. The Balaban J connectivity index is 1.95. The lowest BCUT2D eigenvalue weighted by molar-refractivity contribution is -0.143. The van der Waals surface area contributed by atoms with Crippen molar-refractivity contribution in [3.05, 3.63) is 77.4 Å². The summed E-state index contributed by atoms with van der Waals surface area (Å²) in [7, 11) is 3.84. The van der Waals surface area contributed by atoms with Crippen LogP contribution in [0.4, 0.5) is 5.69 Å². The fraction of sp³-hybridized carbons (Fsp3) is 0.345. The summed E-state index contributed by atoms with van der Waals surface area (Å²) >= 11 is 0. The van der Waals surface area contributed by atoms with Crippen molar-refractivity contribution in [1.82, 2.24) is 9.80 Å². The fourth-order valence-electron chi connectivity index (χ4n) is 5.28. The number of nitrogens with zero attached hydrogens (tertiary/aromatic N) is 3. The Morgan fingerprint density at radius 2 is 1.89 bits per heavy atom. The maximum absolute atomic E-state index is 14.2. The van der Waals surface area contributed by atoms with Crippen LogP contribution in [-0.2, 0) is 19.9 Å². The minimum Gasteiger partial charge on any atom is -0.507 e. The second kappa shape index (κ2) is 10.2. The van der Waals surface area contributed by atoms with E-state index in [9.17, 15) is 19.5 Å². The molecule has 4 rings (SSSR count). The summed E-state index contributed by atoms with van der Waals surface area (Å²) in [6, 6.07) is 12.2. The van der Waals surface area contributed by atoms with Crippen molar-refractivity contribution in [1.29, 1.82) is 0 Å². The fourth-order valence-corrected chi connectivity index (χ4v) is 5.28. The average Bonchev–Trinajstić information content (AvgIpc) is 3.25. The summed E-state index contributed by atoms with van der Waals surface area (Å²) in [4.78, 5) is 46.2. The van der Waals surface area contributed by atoms with E-state index in [4.69, 9.17) is 4.74 Å². The smallest absolute Gasteiger partial charge is 0.296 e. The predicted molar refractivity (Wildman–Crippen MR) is 142 cm³/mol. The third-order valence-electron chi connectivity index (χ3n) is 6.92. The standard InChI is InChI=1S/C29H33N3O5/c1-6-17-37-23-14-13-20(18-19(23)3)25(33)24-26(34)27(35)32(16-10-15-30(4)5)29(24)21-11-8-9-12-22(21)31(7-2)28(29)36/h6,8-9,11-14,18,33H,1,7,10,15-17H2,2-5H3/b25-24-. The number of aryl methyl sites for hydroxylation is 1. The van der Waals surface area contributed by atoms with Gasteiger partial charge in [0, 0.05) is 24.2 Å². The average molecular weight is 504 g/mol. The molecule has 2 aliphatic rings. The maximum atomic E-state index is 14.2. The number of ketones is 1. The lowest BCUT2D eigenvalue weighted by Gasteiger charge is -2.34. The van der Waals surface area contributed by atoms with Gasteiger partial charge in [0.2, 0.25) is 0 Å². The van der Waals surface area contributed by atoms with Crippen LogP contribution in [0.25, 0.3) is 5.76 Å². The number of Topliss-reactive ketones (excluding diaryl/α,β-unsaturated/α-hetero) is 1. The molecule has 1 N–H and O–H groups in total. The van der Waals surface area contributed by atoms with Crippen molar-refractivity contribution in [3.8, 4) is 5.75 Å². The number of anilines is 1. The summed E-state index contributed by atoms with van der Waals surface area (Å²) in [5.41, 5.74) is 0.279. The molecule has 2 aliphatic heterocycles. The highest BCUT2D eigenvalue weighted by Crippen LogP contribution is 2.53. The van der Waals surface area contributed by atoms with Crippen molar-refractivity contribution in [2.45, 2.75) is 25.8 Å². The Morgan fingerprint density at radius 3 is 2.54 bits per heavy atom. The van der Waals surface area contributed by atoms with Gasteiger partial charge in [-0.25, -0.2) is 0 Å². The zero-order valence-electron chi connectivity index (χ0n) is 21.8. The summed E-state index contributed by atoms with van der Waals surface area (Å²) in [5.74, 6) is -1.84. The molecule has 0 aliphatic carbocycles. The molecule has 2 amide bonds. The Morgan fingerprint density at radius 1 is 1.16 bits per heavy atom. The lowest BCUT2D eigenvalue weighted by Crippen LogP contribution is -2.52. The molecule has 2 aromatic carbocycles. The molecule has 2 heterocycles. The molecule has 8 heteroatoms. The van der Waals surface area contributed by atoms with Crippen molar-refractivity contribution in [3.63, 3.8) is 0 Å². The summed E-state index contributed by atoms with van der Waals surface area (Å²) < 4.78 is 5.64. The van der Waals surface area contributed by atoms with Crippen LogP contribution >= 0.6 is 0 Å². The number of amides is 2. The number of aliphatic hydroxyl groups is 1. The van der Waals surface area contributed by atoms with E-state index < -0.39 is 23.1 Å². The highest BCUT2D eigenvalue weighted by molar-refractivity contribution is 6.50. The molecule has 1 atom stereocenters. The van der Waals surface area contributed by atoms with Crippen LogP contribution in [0.2, 0.25) is 0 Å². The van der Waals surface area contributed by atoms with Gasteiger partial charge in [-0.1, -0.05) is 30.9 Å². The zero-order valence-corrected chi connectivity index (χ0v) is 21.8. The van der Waals surface area contributed by atoms with E-state index in [0.717, 1.165) is 5.56 Å². The van der Waals surface area contributed by atoms with E-state index in [1.165, 1.54) is 4.90 Å². The number of likely N-dealkylation sites (N-methyl/N-ethyl adjacent to an activating group) is 1. The number of carbonyl (C=O) groups excluding carboxylic acids is 3. The zero-order chi connectivity index (χ0) is 26.9. The number of rotatable bonds is 9. The van der Waals surface area contributed by atoms with Gasteiger partial charge >= 0.3 is 0 Å². The summed E-state index contributed by atoms with van der Waals surface area (Å²) in [6.07, 6.45) is 2.19. The van der Waals surface area contributed by atoms with Crippen LogP contribution < -0.4 is 9.64 Å². The van der Waals surface area contributed by atoms with Crippen molar-refractivity contribution in [2.75, 3.05) is 45.2 Å². The summed E-state index contributed by atoms with van der Waals surface area (Å²) in [6.45, 7) is 8.84. The van der Waals surface area contributed by atoms with Crippen LogP contribution in [0.15, 0.2) is 60.7 Å². The topological polar surface area (TPSA) is 90.4 Å². The molecule has 0 radical (unpaired) electrons. The van der Waals surface area contributed by atoms with Crippen molar-refractivity contribution >= 4 is 29.0 Å². The predicted octanol–water partition coefficient (Wildman–Crippen LogP) is 3.45. The number of ether oxygens (including phenoxy) is 1. The molecule has 37 heavy (non-hydrogen) atoms. The molecule has 8 nitrogen and oxygen atoms in total. The van der Waals surface area contributed by atoms with Crippen LogP contribution in [-0.4, -0.2) is 72.8 Å². The first kappa shape index (κ1) is 26.2. The third kappa shape index (κ3) is 4.11. The molecular weight excluding hydrogens is 470 g/mol. The minimum atomic E-state index is -1.73. The first-order valence-electron chi connectivity index (χ1n) is 12.4. The van der Waals surface area contributed by atoms with Gasteiger partial charge in [-0.05, 0) is 70.7 Å². The van der Waals surface area contributed by atoms with Gasteiger partial charge in [0.25, 0.3) is 17.6 Å². The van der Waals surface area contributed by atoms with Gasteiger partial charge in [0.15, 0.2) is 5.54 Å². The van der Waals surface area contributed by atoms with Crippen LogP contribution in [0.5, 0.6) is 5.75 Å². The van der Waals surface area contributed by atoms with E-state index in [2.05, 4.69) is 6.58 Å². The molecule has 1 spiro atoms. The normalized spacial score (nSPS) is 20.3. The number of likely N-dealkylation sites (tertiary alicyclic amines) is 1. The highest BCUT2D eigenvalue weighted by Gasteiger charge is 2.66. The Kier molecular flexibility index (Phi) is 7.23. The molecule has 2 aromatic rings. The number of hydrogen-bond acceptors (Lipinski definition) is 6. The van der Waals surface area contributed by atoms with E-state index in [1.807, 2.05) is 38.9 Å². The number of hydrogen-bond donors (Lipinski definition) is 1. The number of carbonyl (C=O) groups is 3. The molecule has 1 unspecified atom stereocenters. The molecular formula is C29H33N3O5. The number of benzene rings is 2. The van der Waals surface area contributed by atoms with Crippen LogP contribution in [0.1, 0.15) is 30.0 Å². The van der Waals surface area contributed by atoms with Gasteiger partial charge in [0.05, 0.1) is 11.3 Å². The van der Waals surface area contributed by atoms with E-state index in [-0.39, 0.29) is 17.9 Å². The van der Waals surface area contributed by atoms with Crippen molar-refractivity contribution in [2.24, 2.45) is 0 Å². The first-order valence-corrected chi connectivity index (χ1v) is 12.4. The summed E-state index contributed by atoms with van der Waals surface area (Å²) in [5, 5.41) is 11.6. The Hall–Kier alpha value is -3.91. The SMILES string of the molecule is C=CCOc1ccc(/C(O)=C2\C(=O)C(=O)N(CCCN(C)C)C23C(=O)N(CC)c2ccccc23)cc1C. The van der Waals surface area contributed by atoms with Gasteiger partial charge in [-0.2, -0.15) is 0 Å². The van der Waals surface area contributed by atoms with E-state index >= 15 is 0 Å². The molecule has 194 valence electrons. The molecule has 1 saturated heterocycles. The number of para-hydroxylation sites is 1. The second-order valence-corrected chi connectivity index (χ2v) is 9.52. The molecule has 0 bridgehead atoms.